The van der Waals surface area contributed by atoms with Gasteiger partial charge in [-0.3, -0.25) is 14.7 Å². The molecule has 2 aromatic rings. The number of amides is 1. The molecule has 0 saturated carbocycles. The number of nitrogens with one attached hydrogen (secondary N) is 2. The number of nitrogens with zero attached hydrogens (tertiary/aromatic N) is 3. The second kappa shape index (κ2) is 12.8. The molecule has 39 heavy (non-hydrogen) atoms. The number of carbonyl (C=O) groups excluding carboxylic acids is 1. The van der Waals surface area contributed by atoms with Gasteiger partial charge in [0.05, 0.1) is 36.8 Å². The highest BCUT2D eigenvalue weighted by molar-refractivity contribution is 6.39. The van der Waals surface area contributed by atoms with Crippen molar-refractivity contribution in [2.75, 3.05) is 83.1 Å². The van der Waals surface area contributed by atoms with Gasteiger partial charge in [0.1, 0.15) is 6.73 Å². The molecule has 5 rings (SSSR count). The van der Waals surface area contributed by atoms with Gasteiger partial charge in [-0.15, -0.1) is 0 Å². The number of hydrogen-bond donors (Lipinski definition) is 3. The number of carbonyl (C=O) groups is 1. The minimum absolute atomic E-state index is 0.0849. The van der Waals surface area contributed by atoms with E-state index in [9.17, 15) is 4.79 Å². The molecule has 3 aliphatic heterocycles. The van der Waals surface area contributed by atoms with E-state index in [0.717, 1.165) is 90.7 Å². The Hall–Kier alpha value is -3.08. The number of fused-ring (bicyclic) bond motifs is 2. The van der Waals surface area contributed by atoms with Crippen LogP contribution < -0.4 is 10.6 Å². The molecule has 1 amide bonds. The SMILES string of the molecule is Cc1ccc2c(c1)NC(=O)/C2=C1\Nc2ccc(C)cc2\C1=N/COCCN1CCN(CCCOCCO)CC1. The van der Waals surface area contributed by atoms with Crippen LogP contribution in [-0.4, -0.2) is 99.0 Å². The van der Waals surface area contributed by atoms with Crippen LogP contribution in [0.1, 0.15) is 28.7 Å². The maximum atomic E-state index is 13.0. The highest BCUT2D eigenvalue weighted by Crippen LogP contribution is 2.39. The summed E-state index contributed by atoms with van der Waals surface area (Å²) in [6, 6.07) is 12.2. The van der Waals surface area contributed by atoms with E-state index in [1.54, 1.807) is 0 Å². The summed E-state index contributed by atoms with van der Waals surface area (Å²) in [6.07, 6.45) is 0.992. The molecular formula is C30H39N5O4. The highest BCUT2D eigenvalue weighted by Gasteiger charge is 2.33. The Labute approximate surface area is 230 Å². The summed E-state index contributed by atoms with van der Waals surface area (Å²) >= 11 is 0. The number of benzene rings is 2. The van der Waals surface area contributed by atoms with Gasteiger partial charge in [0.15, 0.2) is 0 Å². The predicted molar refractivity (Wildman–Crippen MR) is 154 cm³/mol. The molecule has 9 nitrogen and oxygen atoms in total. The number of aliphatic hydroxyl groups is 1. The fourth-order valence-corrected chi connectivity index (χ4v) is 5.33. The lowest BCUT2D eigenvalue weighted by Crippen LogP contribution is -2.47. The first-order valence-corrected chi connectivity index (χ1v) is 13.8. The molecule has 0 aromatic heterocycles. The van der Waals surface area contributed by atoms with Crippen molar-refractivity contribution in [2.24, 2.45) is 4.99 Å². The Morgan fingerprint density at radius 3 is 2.38 bits per heavy atom. The van der Waals surface area contributed by atoms with Gasteiger partial charge in [0.25, 0.3) is 5.91 Å². The lowest BCUT2D eigenvalue weighted by Gasteiger charge is -2.34. The zero-order chi connectivity index (χ0) is 27.2. The molecule has 3 heterocycles. The molecule has 208 valence electrons. The number of rotatable bonds is 11. The third kappa shape index (κ3) is 6.57. The first kappa shape index (κ1) is 27.5. The van der Waals surface area contributed by atoms with Crippen LogP contribution in [0.5, 0.6) is 0 Å². The van der Waals surface area contributed by atoms with Crippen molar-refractivity contribution in [1.82, 2.24) is 9.80 Å². The van der Waals surface area contributed by atoms with E-state index < -0.39 is 0 Å². The number of allylic oxidation sites excluding steroid dienone is 1. The largest absolute Gasteiger partial charge is 0.394 e. The number of aryl methyl sites for hydroxylation is 2. The summed E-state index contributed by atoms with van der Waals surface area (Å²) in [5.41, 5.74) is 8.03. The third-order valence-electron chi connectivity index (χ3n) is 7.43. The molecule has 0 radical (unpaired) electrons. The first-order chi connectivity index (χ1) is 19.0. The molecule has 3 N–H and O–H groups in total. The van der Waals surface area contributed by atoms with Crippen LogP contribution in [0.2, 0.25) is 0 Å². The minimum Gasteiger partial charge on any atom is -0.394 e. The lowest BCUT2D eigenvalue weighted by molar-refractivity contribution is -0.110. The summed E-state index contributed by atoms with van der Waals surface area (Å²) in [4.78, 5) is 22.8. The summed E-state index contributed by atoms with van der Waals surface area (Å²) in [5, 5.41) is 15.3. The molecule has 1 fully saturated rings. The van der Waals surface area contributed by atoms with Crippen LogP contribution in [-0.2, 0) is 14.3 Å². The molecule has 2 aromatic carbocycles. The summed E-state index contributed by atoms with van der Waals surface area (Å²) < 4.78 is 11.3. The van der Waals surface area contributed by atoms with Crippen LogP contribution in [0, 0.1) is 13.8 Å². The van der Waals surface area contributed by atoms with E-state index in [0.29, 0.717) is 25.4 Å². The van der Waals surface area contributed by atoms with Gasteiger partial charge in [0.2, 0.25) is 0 Å². The number of anilines is 2. The summed E-state index contributed by atoms with van der Waals surface area (Å²) in [7, 11) is 0. The lowest BCUT2D eigenvalue weighted by atomic mass is 10.00. The Bertz CT molecular complexity index is 1250. The molecule has 0 bridgehead atoms. The van der Waals surface area contributed by atoms with Gasteiger partial charge in [-0.25, -0.2) is 0 Å². The normalized spacial score (nSPS) is 20.3. The van der Waals surface area contributed by atoms with Crippen LogP contribution in [0.4, 0.5) is 11.4 Å². The zero-order valence-electron chi connectivity index (χ0n) is 23.0. The summed E-state index contributed by atoms with van der Waals surface area (Å²) in [5.74, 6) is -0.118. The fourth-order valence-electron chi connectivity index (χ4n) is 5.33. The highest BCUT2D eigenvalue weighted by atomic mass is 16.5. The molecule has 0 atom stereocenters. The minimum atomic E-state index is -0.118. The van der Waals surface area contributed by atoms with Crippen LogP contribution in [0.3, 0.4) is 0 Å². The predicted octanol–water partition coefficient (Wildman–Crippen LogP) is 2.87. The standard InChI is InChI=1S/C30H39N5O4/c1-21-5-7-25-24(18-21)28(29(32-25)27-23-6-4-22(2)19-26(23)33-30(27)37)31-20-39-16-13-35-11-9-34(10-12-35)8-3-15-38-17-14-36/h4-7,18-19,32,36H,3,8-17,20H2,1-2H3,(H,33,37)/b29-27-,31-28+. The molecule has 3 aliphatic rings. The Kier molecular flexibility index (Phi) is 9.06. The van der Waals surface area contributed by atoms with Gasteiger partial charge in [-0.1, -0.05) is 23.8 Å². The average molecular weight is 534 g/mol. The van der Waals surface area contributed by atoms with Crippen molar-refractivity contribution in [3.8, 4) is 0 Å². The Balaban J connectivity index is 1.18. The average Bonchev–Trinajstić information content (AvgIpc) is 3.44. The molecule has 0 spiro atoms. The van der Waals surface area contributed by atoms with E-state index in [-0.39, 0.29) is 19.2 Å². The van der Waals surface area contributed by atoms with Crippen LogP contribution >= 0.6 is 0 Å². The number of piperazine rings is 1. The van der Waals surface area contributed by atoms with Crippen molar-refractivity contribution in [3.05, 3.63) is 64.3 Å². The van der Waals surface area contributed by atoms with Gasteiger partial charge >= 0.3 is 0 Å². The van der Waals surface area contributed by atoms with E-state index in [1.807, 2.05) is 31.2 Å². The van der Waals surface area contributed by atoms with Crippen molar-refractivity contribution >= 4 is 28.6 Å². The van der Waals surface area contributed by atoms with E-state index in [1.165, 1.54) is 0 Å². The number of aliphatic hydroxyl groups excluding tert-OH is 1. The topological polar surface area (TPSA) is 98.7 Å². The van der Waals surface area contributed by atoms with E-state index in [4.69, 9.17) is 19.6 Å². The van der Waals surface area contributed by atoms with Crippen LogP contribution in [0.25, 0.3) is 5.57 Å². The third-order valence-corrected chi connectivity index (χ3v) is 7.43. The molecule has 9 heteroatoms. The molecule has 1 saturated heterocycles. The second-order valence-electron chi connectivity index (χ2n) is 10.3. The fraction of sp³-hybridized carbons (Fsp3) is 0.467. The van der Waals surface area contributed by atoms with Crippen molar-refractivity contribution in [2.45, 2.75) is 20.3 Å². The number of aliphatic imine (C=N–C) groups is 1. The Morgan fingerprint density at radius 2 is 1.59 bits per heavy atom. The number of hydrogen-bond acceptors (Lipinski definition) is 8. The van der Waals surface area contributed by atoms with E-state index >= 15 is 0 Å². The molecule has 0 aliphatic carbocycles. The second-order valence-corrected chi connectivity index (χ2v) is 10.3. The zero-order valence-corrected chi connectivity index (χ0v) is 23.0. The van der Waals surface area contributed by atoms with Gasteiger partial charge < -0.3 is 30.1 Å². The van der Waals surface area contributed by atoms with Crippen LogP contribution in [0.15, 0.2) is 47.1 Å². The molecular weight excluding hydrogens is 494 g/mol. The van der Waals surface area contributed by atoms with Crippen molar-refractivity contribution in [3.63, 3.8) is 0 Å². The summed E-state index contributed by atoms with van der Waals surface area (Å²) in [6.45, 7) is 12.2. The van der Waals surface area contributed by atoms with Gasteiger partial charge in [0, 0.05) is 68.4 Å². The maximum Gasteiger partial charge on any atom is 0.258 e. The first-order valence-electron chi connectivity index (χ1n) is 13.8. The molecule has 0 unspecified atom stereocenters. The van der Waals surface area contributed by atoms with Crippen molar-refractivity contribution in [1.29, 1.82) is 0 Å². The number of ether oxygens (including phenoxy) is 2. The van der Waals surface area contributed by atoms with Crippen molar-refractivity contribution < 1.29 is 19.4 Å². The Morgan fingerprint density at radius 1 is 0.846 bits per heavy atom. The monoisotopic (exact) mass is 533 g/mol. The van der Waals surface area contributed by atoms with Gasteiger partial charge in [-0.05, 0) is 44.0 Å². The maximum absolute atomic E-state index is 13.0. The van der Waals surface area contributed by atoms with E-state index in [2.05, 4.69) is 39.5 Å². The smallest absolute Gasteiger partial charge is 0.258 e. The quantitative estimate of drug-likeness (QED) is 0.302. The van der Waals surface area contributed by atoms with Gasteiger partial charge in [-0.2, -0.15) is 0 Å².